The zero-order valence-corrected chi connectivity index (χ0v) is 4.92. The molecule has 0 atom stereocenters. The molecule has 4 heteroatoms. The Bertz CT molecular complexity index is 81.4. The Balaban J connectivity index is 3.12. The first-order valence-corrected chi connectivity index (χ1v) is 2.32. The van der Waals surface area contributed by atoms with Crippen molar-refractivity contribution in [2.24, 2.45) is 16.7 Å². The predicted octanol–water partition coefficient (Wildman–Crippen LogP) is -0.746. The van der Waals surface area contributed by atoms with Crippen LogP contribution in [-0.4, -0.2) is 19.6 Å². The molecule has 0 spiro atoms. The minimum Gasteiger partial charge on any atom is -0.386 e. The number of hydrazone groups is 1. The van der Waals surface area contributed by atoms with Gasteiger partial charge in [-0.3, -0.25) is 0 Å². The highest BCUT2D eigenvalue weighted by atomic mass is 16.5. The predicted molar refractivity (Wildman–Crippen MR) is 32.3 cm³/mol. The van der Waals surface area contributed by atoms with Crippen LogP contribution in [0.4, 0.5) is 0 Å². The number of hydrogen-bond donors (Lipinski definition) is 2. The standard InChI is InChI=1S/C4H11N3O/c1-8-3-2-4(5)7-6/h2-3,6H2,1H3,(H2,5,7). The van der Waals surface area contributed by atoms with Crippen LogP contribution in [0.3, 0.4) is 0 Å². The number of hydrogen-bond acceptors (Lipinski definition) is 3. The van der Waals surface area contributed by atoms with E-state index in [9.17, 15) is 0 Å². The molecule has 0 heterocycles. The van der Waals surface area contributed by atoms with E-state index in [0.29, 0.717) is 18.9 Å². The van der Waals surface area contributed by atoms with Crippen LogP contribution in [0.25, 0.3) is 0 Å². The Hall–Kier alpha value is -0.770. The fourth-order valence-electron chi connectivity index (χ4n) is 0.271. The average Bonchev–Trinajstić information content (AvgIpc) is 1.83. The Labute approximate surface area is 48.5 Å². The van der Waals surface area contributed by atoms with E-state index in [2.05, 4.69) is 5.10 Å². The van der Waals surface area contributed by atoms with Gasteiger partial charge in [-0.25, -0.2) is 0 Å². The van der Waals surface area contributed by atoms with E-state index < -0.39 is 0 Å². The Morgan fingerprint density at radius 1 is 1.75 bits per heavy atom. The molecule has 0 bridgehead atoms. The van der Waals surface area contributed by atoms with Crippen LogP contribution in [0.1, 0.15) is 6.42 Å². The van der Waals surface area contributed by atoms with Gasteiger partial charge in [0, 0.05) is 13.5 Å². The molecule has 0 unspecified atom stereocenters. The Morgan fingerprint density at radius 3 is 2.75 bits per heavy atom. The second-order valence-corrected chi connectivity index (χ2v) is 1.36. The lowest BCUT2D eigenvalue weighted by Gasteiger charge is -1.94. The summed E-state index contributed by atoms with van der Waals surface area (Å²) < 4.78 is 4.70. The molecule has 0 aromatic heterocycles. The molecule has 0 saturated heterocycles. The molecule has 0 amide bonds. The van der Waals surface area contributed by atoms with Gasteiger partial charge in [0.15, 0.2) is 0 Å². The molecule has 48 valence electrons. The van der Waals surface area contributed by atoms with Gasteiger partial charge in [-0.05, 0) is 0 Å². The third-order valence-electron chi connectivity index (χ3n) is 0.728. The number of methoxy groups -OCH3 is 1. The smallest absolute Gasteiger partial charge is 0.121 e. The van der Waals surface area contributed by atoms with Gasteiger partial charge in [-0.15, -0.1) is 0 Å². The van der Waals surface area contributed by atoms with Gasteiger partial charge in [0.05, 0.1) is 6.61 Å². The second kappa shape index (κ2) is 4.39. The van der Waals surface area contributed by atoms with E-state index >= 15 is 0 Å². The number of rotatable bonds is 3. The maximum absolute atomic E-state index is 5.20. The van der Waals surface area contributed by atoms with Crippen molar-refractivity contribution >= 4 is 5.84 Å². The molecule has 0 fully saturated rings. The highest BCUT2D eigenvalue weighted by Gasteiger charge is 1.87. The molecule has 0 aromatic rings. The third-order valence-corrected chi connectivity index (χ3v) is 0.728. The van der Waals surface area contributed by atoms with Crippen LogP contribution < -0.4 is 11.6 Å². The minimum absolute atomic E-state index is 0.423. The lowest BCUT2D eigenvalue weighted by atomic mass is 10.4. The maximum atomic E-state index is 5.20. The highest BCUT2D eigenvalue weighted by Crippen LogP contribution is 1.76. The van der Waals surface area contributed by atoms with Crippen molar-refractivity contribution in [3.05, 3.63) is 0 Å². The molecular formula is C4H11N3O. The zero-order chi connectivity index (χ0) is 6.41. The normalized spacial score (nSPS) is 11.9. The third kappa shape index (κ3) is 3.42. The van der Waals surface area contributed by atoms with Crippen molar-refractivity contribution < 1.29 is 4.74 Å². The summed E-state index contributed by atoms with van der Waals surface area (Å²) in [5.74, 6) is 5.24. The molecule has 4 N–H and O–H groups in total. The molecular weight excluding hydrogens is 106 g/mol. The summed E-state index contributed by atoms with van der Waals surface area (Å²) in [6.07, 6.45) is 0.604. The molecule has 4 nitrogen and oxygen atoms in total. The fraction of sp³-hybridized carbons (Fsp3) is 0.750. The van der Waals surface area contributed by atoms with Gasteiger partial charge in [0.2, 0.25) is 0 Å². The molecule has 0 radical (unpaired) electrons. The summed E-state index contributed by atoms with van der Waals surface area (Å²) in [5, 5.41) is 3.24. The van der Waals surface area contributed by atoms with Gasteiger partial charge >= 0.3 is 0 Å². The van der Waals surface area contributed by atoms with Gasteiger partial charge in [-0.2, -0.15) is 5.10 Å². The minimum atomic E-state index is 0.423. The van der Waals surface area contributed by atoms with Crippen LogP contribution in [0, 0.1) is 0 Å². The van der Waals surface area contributed by atoms with E-state index in [1.807, 2.05) is 0 Å². The van der Waals surface area contributed by atoms with Crippen molar-refractivity contribution in [2.75, 3.05) is 13.7 Å². The summed E-state index contributed by atoms with van der Waals surface area (Å²) in [6, 6.07) is 0. The van der Waals surface area contributed by atoms with Crippen molar-refractivity contribution in [2.45, 2.75) is 6.42 Å². The number of amidine groups is 1. The molecule has 0 saturated carbocycles. The second-order valence-electron chi connectivity index (χ2n) is 1.36. The van der Waals surface area contributed by atoms with Crippen molar-refractivity contribution in [1.29, 1.82) is 0 Å². The van der Waals surface area contributed by atoms with Crippen LogP contribution in [-0.2, 0) is 4.74 Å². The molecule has 8 heavy (non-hydrogen) atoms. The quantitative estimate of drug-likeness (QED) is 0.221. The topological polar surface area (TPSA) is 73.6 Å². The van der Waals surface area contributed by atoms with E-state index in [0.717, 1.165) is 0 Å². The summed E-state index contributed by atoms with van der Waals surface area (Å²) in [4.78, 5) is 0. The summed E-state index contributed by atoms with van der Waals surface area (Å²) in [6.45, 7) is 0.576. The average molecular weight is 117 g/mol. The van der Waals surface area contributed by atoms with Gasteiger partial charge < -0.3 is 16.3 Å². The largest absolute Gasteiger partial charge is 0.386 e. The molecule has 0 rings (SSSR count). The van der Waals surface area contributed by atoms with Gasteiger partial charge in [-0.1, -0.05) is 0 Å². The summed E-state index contributed by atoms with van der Waals surface area (Å²) in [5.41, 5.74) is 5.20. The first kappa shape index (κ1) is 7.23. The van der Waals surface area contributed by atoms with Crippen molar-refractivity contribution in [3.8, 4) is 0 Å². The maximum Gasteiger partial charge on any atom is 0.121 e. The van der Waals surface area contributed by atoms with Crippen LogP contribution in [0.5, 0.6) is 0 Å². The first-order valence-electron chi connectivity index (χ1n) is 2.32. The summed E-state index contributed by atoms with van der Waals surface area (Å²) in [7, 11) is 1.60. The number of nitrogens with two attached hydrogens (primary N) is 2. The van der Waals surface area contributed by atoms with E-state index in [-0.39, 0.29) is 0 Å². The van der Waals surface area contributed by atoms with Crippen LogP contribution in [0.2, 0.25) is 0 Å². The van der Waals surface area contributed by atoms with Crippen molar-refractivity contribution in [1.82, 2.24) is 0 Å². The molecule has 0 aromatic carbocycles. The number of nitrogens with zero attached hydrogens (tertiary/aromatic N) is 1. The van der Waals surface area contributed by atoms with Gasteiger partial charge in [0.25, 0.3) is 0 Å². The van der Waals surface area contributed by atoms with E-state index in [1.165, 1.54) is 0 Å². The van der Waals surface area contributed by atoms with E-state index in [1.54, 1.807) is 7.11 Å². The lowest BCUT2D eigenvalue weighted by molar-refractivity contribution is 0.207. The van der Waals surface area contributed by atoms with E-state index in [4.69, 9.17) is 16.3 Å². The lowest BCUT2D eigenvalue weighted by Crippen LogP contribution is -2.15. The Kier molecular flexibility index (Phi) is 3.97. The zero-order valence-electron chi connectivity index (χ0n) is 4.92. The van der Waals surface area contributed by atoms with Crippen LogP contribution in [0.15, 0.2) is 5.10 Å². The number of ether oxygens (including phenoxy) is 1. The molecule has 0 aliphatic heterocycles. The Morgan fingerprint density at radius 2 is 2.38 bits per heavy atom. The van der Waals surface area contributed by atoms with Crippen LogP contribution >= 0.6 is 0 Å². The van der Waals surface area contributed by atoms with Crippen molar-refractivity contribution in [3.63, 3.8) is 0 Å². The summed E-state index contributed by atoms with van der Waals surface area (Å²) >= 11 is 0. The SMILES string of the molecule is COCCC(N)=NN. The molecule has 0 aliphatic rings. The van der Waals surface area contributed by atoms with Gasteiger partial charge in [0.1, 0.15) is 5.84 Å². The molecule has 0 aliphatic carbocycles. The fourth-order valence-corrected chi connectivity index (χ4v) is 0.271. The monoisotopic (exact) mass is 117 g/mol. The first-order chi connectivity index (χ1) is 3.81. The highest BCUT2D eigenvalue weighted by molar-refractivity contribution is 5.79.